The molecule has 0 aromatic heterocycles. The molecule has 4 N–H and O–H groups in total. The largest absolute Gasteiger partial charge is 0.368 e. The number of rotatable bonds is 3. The molecular formula is C11H16N2O. The number of nitrogens with two attached hydrogens (primary N) is 2. The first-order valence-corrected chi connectivity index (χ1v) is 4.56. The summed E-state index contributed by atoms with van der Waals surface area (Å²) >= 11 is 0. The zero-order valence-corrected chi connectivity index (χ0v) is 8.53. The van der Waals surface area contributed by atoms with Gasteiger partial charge in [-0.3, -0.25) is 4.79 Å². The van der Waals surface area contributed by atoms with E-state index in [9.17, 15) is 4.79 Å². The van der Waals surface area contributed by atoms with Crippen LogP contribution in [0.1, 0.15) is 19.4 Å². The minimum Gasteiger partial charge on any atom is -0.368 e. The van der Waals surface area contributed by atoms with Gasteiger partial charge in [0.1, 0.15) is 0 Å². The fourth-order valence-corrected chi connectivity index (χ4v) is 1.40. The lowest BCUT2D eigenvalue weighted by Gasteiger charge is -2.29. The summed E-state index contributed by atoms with van der Waals surface area (Å²) in [5.74, 6) is -0.473. The second kappa shape index (κ2) is 3.80. The first-order chi connectivity index (χ1) is 6.46. The Balaban J connectivity index is 3.02. The third kappa shape index (κ3) is 1.93. The number of carbonyl (C=O) groups excluding carboxylic acids is 1. The Morgan fingerprint density at radius 1 is 1.29 bits per heavy atom. The highest BCUT2D eigenvalue weighted by Gasteiger charge is 2.31. The SMILES string of the molecule is CC(C)(c1ccccc1)[C@@H](N)C(N)=O. The molecule has 0 spiro atoms. The highest BCUT2D eigenvalue weighted by Crippen LogP contribution is 2.25. The van der Waals surface area contributed by atoms with Crippen molar-refractivity contribution in [3.05, 3.63) is 35.9 Å². The lowest BCUT2D eigenvalue weighted by molar-refractivity contribution is -0.120. The molecule has 0 fully saturated rings. The highest BCUT2D eigenvalue weighted by atomic mass is 16.1. The maximum absolute atomic E-state index is 11.0. The molecule has 0 aliphatic carbocycles. The van der Waals surface area contributed by atoms with Crippen LogP contribution in [0.2, 0.25) is 0 Å². The van der Waals surface area contributed by atoms with E-state index in [0.717, 1.165) is 5.56 Å². The van der Waals surface area contributed by atoms with Gasteiger partial charge in [0.05, 0.1) is 6.04 Å². The Hall–Kier alpha value is -1.35. The molecule has 3 nitrogen and oxygen atoms in total. The van der Waals surface area contributed by atoms with Crippen LogP contribution in [-0.4, -0.2) is 11.9 Å². The Labute approximate surface area is 84.1 Å². The number of hydrogen-bond donors (Lipinski definition) is 2. The van der Waals surface area contributed by atoms with Crippen LogP contribution >= 0.6 is 0 Å². The van der Waals surface area contributed by atoms with Gasteiger partial charge in [-0.25, -0.2) is 0 Å². The summed E-state index contributed by atoms with van der Waals surface area (Å²) in [4.78, 5) is 11.0. The van der Waals surface area contributed by atoms with Gasteiger partial charge in [-0.2, -0.15) is 0 Å². The monoisotopic (exact) mass is 192 g/mol. The van der Waals surface area contributed by atoms with Crippen LogP contribution in [0, 0.1) is 0 Å². The molecule has 1 rings (SSSR count). The van der Waals surface area contributed by atoms with E-state index in [1.807, 2.05) is 44.2 Å². The Morgan fingerprint density at radius 2 is 1.79 bits per heavy atom. The predicted octanol–water partition coefficient (Wildman–Crippen LogP) is 0.777. The summed E-state index contributed by atoms with van der Waals surface area (Å²) < 4.78 is 0. The number of benzene rings is 1. The predicted molar refractivity (Wildman–Crippen MR) is 56.6 cm³/mol. The average Bonchev–Trinajstić information content (AvgIpc) is 2.18. The molecule has 0 saturated heterocycles. The van der Waals surface area contributed by atoms with E-state index < -0.39 is 17.4 Å². The number of primary amides is 1. The minimum absolute atomic E-state index is 0.424. The van der Waals surface area contributed by atoms with Crippen LogP contribution < -0.4 is 11.5 Å². The molecule has 0 saturated carbocycles. The molecule has 0 aliphatic rings. The van der Waals surface area contributed by atoms with Crippen molar-refractivity contribution in [2.45, 2.75) is 25.3 Å². The third-order valence-electron chi connectivity index (χ3n) is 2.60. The summed E-state index contributed by atoms with van der Waals surface area (Å²) in [7, 11) is 0. The van der Waals surface area contributed by atoms with Gasteiger partial charge in [0, 0.05) is 5.41 Å². The second-order valence-electron chi connectivity index (χ2n) is 3.97. The Bertz CT molecular complexity index is 319. The Morgan fingerprint density at radius 3 is 2.21 bits per heavy atom. The van der Waals surface area contributed by atoms with Crippen LogP contribution in [0.4, 0.5) is 0 Å². The molecule has 3 heteroatoms. The minimum atomic E-state index is -0.662. The molecule has 0 radical (unpaired) electrons. The summed E-state index contributed by atoms with van der Waals surface area (Å²) in [5.41, 5.74) is 11.5. The summed E-state index contributed by atoms with van der Waals surface area (Å²) in [5, 5.41) is 0. The number of amides is 1. The molecular weight excluding hydrogens is 176 g/mol. The topological polar surface area (TPSA) is 69.1 Å². The molecule has 0 aliphatic heterocycles. The van der Waals surface area contributed by atoms with Crippen molar-refractivity contribution >= 4 is 5.91 Å². The quantitative estimate of drug-likeness (QED) is 0.743. The molecule has 0 unspecified atom stereocenters. The van der Waals surface area contributed by atoms with E-state index in [0.29, 0.717) is 0 Å². The van der Waals surface area contributed by atoms with Gasteiger partial charge in [0.2, 0.25) is 5.91 Å². The van der Waals surface area contributed by atoms with E-state index in [1.165, 1.54) is 0 Å². The van der Waals surface area contributed by atoms with Gasteiger partial charge in [-0.15, -0.1) is 0 Å². The molecule has 76 valence electrons. The molecule has 1 aromatic rings. The first kappa shape index (κ1) is 10.7. The van der Waals surface area contributed by atoms with Crippen molar-refractivity contribution in [3.63, 3.8) is 0 Å². The maximum atomic E-state index is 11.0. The van der Waals surface area contributed by atoms with Crippen molar-refractivity contribution in [1.29, 1.82) is 0 Å². The summed E-state index contributed by atoms with van der Waals surface area (Å²) in [6.45, 7) is 3.83. The van der Waals surface area contributed by atoms with E-state index in [1.54, 1.807) is 0 Å². The van der Waals surface area contributed by atoms with Crippen molar-refractivity contribution in [3.8, 4) is 0 Å². The van der Waals surface area contributed by atoms with Crippen LogP contribution in [0.15, 0.2) is 30.3 Å². The highest BCUT2D eigenvalue weighted by molar-refractivity contribution is 5.81. The van der Waals surface area contributed by atoms with Crippen molar-refractivity contribution in [1.82, 2.24) is 0 Å². The fourth-order valence-electron chi connectivity index (χ4n) is 1.40. The van der Waals surface area contributed by atoms with Crippen LogP contribution in [0.3, 0.4) is 0 Å². The van der Waals surface area contributed by atoms with Gasteiger partial charge in [-0.05, 0) is 5.56 Å². The molecule has 1 amide bonds. The standard InChI is InChI=1S/C11H16N2O/c1-11(2,9(12)10(13)14)8-6-4-3-5-7-8/h3-7,9H,12H2,1-2H3,(H2,13,14)/t9-/m0/s1. The average molecular weight is 192 g/mol. The summed E-state index contributed by atoms with van der Waals surface area (Å²) in [6, 6.07) is 9.00. The van der Waals surface area contributed by atoms with E-state index in [-0.39, 0.29) is 0 Å². The molecule has 1 aromatic carbocycles. The van der Waals surface area contributed by atoms with Crippen LogP contribution in [-0.2, 0) is 10.2 Å². The van der Waals surface area contributed by atoms with Crippen molar-refractivity contribution in [2.75, 3.05) is 0 Å². The van der Waals surface area contributed by atoms with E-state index in [4.69, 9.17) is 11.5 Å². The second-order valence-corrected chi connectivity index (χ2v) is 3.97. The Kier molecular flexibility index (Phi) is 2.91. The van der Waals surface area contributed by atoms with Gasteiger partial charge >= 0.3 is 0 Å². The van der Waals surface area contributed by atoms with Crippen molar-refractivity contribution < 1.29 is 4.79 Å². The van der Waals surface area contributed by atoms with Gasteiger partial charge in [0.15, 0.2) is 0 Å². The molecule has 0 heterocycles. The number of hydrogen-bond acceptors (Lipinski definition) is 2. The first-order valence-electron chi connectivity index (χ1n) is 4.56. The van der Waals surface area contributed by atoms with E-state index in [2.05, 4.69) is 0 Å². The lowest BCUT2D eigenvalue weighted by Crippen LogP contribution is -2.50. The van der Waals surface area contributed by atoms with Crippen LogP contribution in [0.25, 0.3) is 0 Å². The smallest absolute Gasteiger partial charge is 0.235 e. The molecule has 14 heavy (non-hydrogen) atoms. The maximum Gasteiger partial charge on any atom is 0.235 e. The van der Waals surface area contributed by atoms with Crippen LogP contribution in [0.5, 0.6) is 0 Å². The fraction of sp³-hybridized carbons (Fsp3) is 0.364. The van der Waals surface area contributed by atoms with Gasteiger partial charge < -0.3 is 11.5 Å². The lowest BCUT2D eigenvalue weighted by atomic mass is 9.78. The molecule has 1 atom stereocenters. The normalized spacial score (nSPS) is 13.6. The van der Waals surface area contributed by atoms with Crippen molar-refractivity contribution in [2.24, 2.45) is 11.5 Å². The van der Waals surface area contributed by atoms with E-state index >= 15 is 0 Å². The zero-order chi connectivity index (χ0) is 10.8. The third-order valence-corrected chi connectivity index (χ3v) is 2.60. The zero-order valence-electron chi connectivity index (χ0n) is 8.53. The summed E-state index contributed by atoms with van der Waals surface area (Å²) in [6.07, 6.45) is 0. The number of carbonyl (C=O) groups is 1. The van der Waals surface area contributed by atoms with Gasteiger partial charge in [0.25, 0.3) is 0 Å². The molecule has 0 bridgehead atoms. The van der Waals surface area contributed by atoms with Gasteiger partial charge in [-0.1, -0.05) is 44.2 Å².